The normalized spacial score (nSPS) is 15.1. The Kier molecular flexibility index (Phi) is 5.85. The maximum atomic E-state index is 12.2. The maximum Gasteiger partial charge on any atom is 0.267 e. The van der Waals surface area contributed by atoms with Crippen LogP contribution >= 0.6 is 23.2 Å². The van der Waals surface area contributed by atoms with Crippen molar-refractivity contribution in [2.24, 2.45) is 0 Å². The van der Waals surface area contributed by atoms with Gasteiger partial charge in [0.05, 0.1) is 10.0 Å². The van der Waals surface area contributed by atoms with E-state index in [-0.39, 0.29) is 5.57 Å². The van der Waals surface area contributed by atoms with E-state index in [4.69, 9.17) is 23.2 Å². The zero-order valence-electron chi connectivity index (χ0n) is 12.1. The molecule has 120 valence electrons. The van der Waals surface area contributed by atoms with Crippen LogP contribution in [-0.4, -0.2) is 48.3 Å². The number of nitrogens with zero attached hydrogens (tertiary/aromatic N) is 3. The van der Waals surface area contributed by atoms with Crippen LogP contribution in [0.1, 0.15) is 0 Å². The Morgan fingerprint density at radius 2 is 1.83 bits per heavy atom. The average molecular weight is 353 g/mol. The van der Waals surface area contributed by atoms with Crippen molar-refractivity contribution in [3.8, 4) is 6.07 Å². The van der Waals surface area contributed by atoms with Gasteiger partial charge in [-0.15, -0.1) is 0 Å². The molecule has 0 aliphatic carbocycles. The molecule has 2 rings (SSSR count). The summed E-state index contributed by atoms with van der Waals surface area (Å²) < 4.78 is 0. The maximum absolute atomic E-state index is 12.2. The van der Waals surface area contributed by atoms with E-state index < -0.39 is 5.91 Å². The monoisotopic (exact) mass is 352 g/mol. The molecular formula is C15H14Cl2N4O2. The first-order chi connectivity index (χ1) is 11.0. The standard InChI is InChI=1S/C15H14Cl2N4O2/c16-13-2-1-12(7-14(13)17)19-15(23)11(8-18)9-20-3-5-21(10-22)6-4-20/h1-2,7,9-10H,3-6H2,(H,19,23)/b11-9-. The Morgan fingerprint density at radius 1 is 1.17 bits per heavy atom. The van der Waals surface area contributed by atoms with E-state index in [0.717, 1.165) is 6.41 Å². The highest BCUT2D eigenvalue weighted by atomic mass is 35.5. The van der Waals surface area contributed by atoms with E-state index in [0.29, 0.717) is 41.9 Å². The molecule has 0 spiro atoms. The van der Waals surface area contributed by atoms with E-state index in [1.165, 1.54) is 12.3 Å². The molecule has 0 bridgehead atoms. The van der Waals surface area contributed by atoms with Crippen molar-refractivity contribution >= 4 is 41.2 Å². The van der Waals surface area contributed by atoms with Crippen molar-refractivity contribution in [1.82, 2.24) is 9.80 Å². The van der Waals surface area contributed by atoms with Crippen LogP contribution in [0.3, 0.4) is 0 Å². The lowest BCUT2D eigenvalue weighted by Crippen LogP contribution is -2.43. The van der Waals surface area contributed by atoms with E-state index in [9.17, 15) is 14.9 Å². The molecule has 0 unspecified atom stereocenters. The topological polar surface area (TPSA) is 76.4 Å². The van der Waals surface area contributed by atoms with Gasteiger partial charge in [0, 0.05) is 38.1 Å². The first-order valence-corrected chi connectivity index (χ1v) is 7.61. The number of halogens is 2. The second kappa shape index (κ2) is 7.86. The molecule has 0 radical (unpaired) electrons. The molecule has 1 aromatic carbocycles. The third-order valence-corrected chi connectivity index (χ3v) is 4.09. The molecule has 1 aliphatic heterocycles. The number of rotatable bonds is 4. The number of benzene rings is 1. The quantitative estimate of drug-likeness (QED) is 0.511. The molecule has 0 saturated carbocycles. The molecule has 1 aliphatic rings. The summed E-state index contributed by atoms with van der Waals surface area (Å²) in [5.74, 6) is -0.524. The number of hydrogen-bond donors (Lipinski definition) is 1. The van der Waals surface area contributed by atoms with Crippen molar-refractivity contribution in [3.63, 3.8) is 0 Å². The van der Waals surface area contributed by atoms with Crippen LogP contribution < -0.4 is 5.32 Å². The predicted octanol–water partition coefficient (Wildman–Crippen LogP) is 2.11. The van der Waals surface area contributed by atoms with Crippen LogP contribution in [0.5, 0.6) is 0 Å². The Bertz CT molecular complexity index is 677. The van der Waals surface area contributed by atoms with Gasteiger partial charge >= 0.3 is 0 Å². The smallest absolute Gasteiger partial charge is 0.267 e. The molecule has 1 fully saturated rings. The van der Waals surface area contributed by atoms with Crippen molar-refractivity contribution in [2.75, 3.05) is 31.5 Å². The summed E-state index contributed by atoms with van der Waals surface area (Å²) in [7, 11) is 0. The molecule has 6 nitrogen and oxygen atoms in total. The third kappa shape index (κ3) is 4.62. The van der Waals surface area contributed by atoms with Crippen LogP contribution in [-0.2, 0) is 9.59 Å². The molecule has 1 saturated heterocycles. The third-order valence-electron chi connectivity index (χ3n) is 3.35. The molecule has 1 aromatic rings. The summed E-state index contributed by atoms with van der Waals surface area (Å²) in [6.45, 7) is 2.27. The fraction of sp³-hybridized carbons (Fsp3) is 0.267. The van der Waals surface area contributed by atoms with E-state index in [1.807, 2.05) is 11.0 Å². The van der Waals surface area contributed by atoms with Gasteiger partial charge in [0.25, 0.3) is 5.91 Å². The van der Waals surface area contributed by atoms with Crippen molar-refractivity contribution in [3.05, 3.63) is 40.0 Å². The number of carbonyl (C=O) groups excluding carboxylic acids is 2. The van der Waals surface area contributed by atoms with Crippen molar-refractivity contribution in [1.29, 1.82) is 5.26 Å². The van der Waals surface area contributed by atoms with Gasteiger partial charge in [0.2, 0.25) is 6.41 Å². The van der Waals surface area contributed by atoms with E-state index >= 15 is 0 Å². The molecule has 1 N–H and O–H groups in total. The van der Waals surface area contributed by atoms with E-state index in [1.54, 1.807) is 17.0 Å². The van der Waals surface area contributed by atoms with Gasteiger partial charge in [-0.25, -0.2) is 0 Å². The molecule has 23 heavy (non-hydrogen) atoms. The summed E-state index contributed by atoms with van der Waals surface area (Å²) in [5.41, 5.74) is 0.437. The van der Waals surface area contributed by atoms with Crippen LogP contribution in [0.4, 0.5) is 5.69 Å². The lowest BCUT2D eigenvalue weighted by molar-refractivity contribution is -0.119. The van der Waals surface area contributed by atoms with Gasteiger partial charge < -0.3 is 15.1 Å². The fourth-order valence-corrected chi connectivity index (χ4v) is 2.36. The number of carbonyl (C=O) groups is 2. The van der Waals surface area contributed by atoms with Gasteiger partial charge in [0.15, 0.2) is 0 Å². The largest absolute Gasteiger partial charge is 0.373 e. The minimum atomic E-state index is -0.524. The molecule has 0 aromatic heterocycles. The zero-order valence-corrected chi connectivity index (χ0v) is 13.6. The van der Waals surface area contributed by atoms with Gasteiger partial charge in [0.1, 0.15) is 11.6 Å². The van der Waals surface area contributed by atoms with Gasteiger partial charge in [-0.2, -0.15) is 5.26 Å². The molecule has 0 atom stereocenters. The number of piperazine rings is 1. The van der Waals surface area contributed by atoms with Crippen LogP contribution in [0.25, 0.3) is 0 Å². The lowest BCUT2D eigenvalue weighted by atomic mass is 10.2. The SMILES string of the molecule is N#C/C(=C/N1CCN(C=O)CC1)C(=O)Nc1ccc(Cl)c(Cl)c1. The summed E-state index contributed by atoms with van der Waals surface area (Å²) in [5, 5.41) is 12.5. The first kappa shape index (κ1) is 17.1. The summed E-state index contributed by atoms with van der Waals surface area (Å²) >= 11 is 11.7. The predicted molar refractivity (Wildman–Crippen MR) is 88.0 cm³/mol. The van der Waals surface area contributed by atoms with E-state index in [2.05, 4.69) is 5.32 Å². The minimum absolute atomic E-state index is 0.0179. The molecule has 1 heterocycles. The number of anilines is 1. The minimum Gasteiger partial charge on any atom is -0.373 e. The molecule has 2 amide bonds. The Hall–Kier alpha value is -2.23. The molecule has 8 heteroatoms. The summed E-state index contributed by atoms with van der Waals surface area (Å²) in [4.78, 5) is 26.3. The Morgan fingerprint density at radius 3 is 2.39 bits per heavy atom. The number of hydrogen-bond acceptors (Lipinski definition) is 4. The first-order valence-electron chi connectivity index (χ1n) is 6.85. The number of nitriles is 1. The van der Waals surface area contributed by atoms with Crippen LogP contribution in [0.15, 0.2) is 30.0 Å². The Labute approximate surface area is 143 Å². The summed E-state index contributed by atoms with van der Waals surface area (Å²) in [6, 6.07) is 6.56. The van der Waals surface area contributed by atoms with Gasteiger partial charge in [-0.1, -0.05) is 23.2 Å². The second-order valence-electron chi connectivity index (χ2n) is 4.91. The molecular weight excluding hydrogens is 339 g/mol. The van der Waals surface area contributed by atoms with Crippen LogP contribution in [0.2, 0.25) is 10.0 Å². The Balaban J connectivity index is 2.03. The number of nitrogens with one attached hydrogen (secondary N) is 1. The number of amides is 2. The average Bonchev–Trinajstić information content (AvgIpc) is 2.56. The van der Waals surface area contributed by atoms with Crippen LogP contribution in [0, 0.1) is 11.3 Å². The highest BCUT2D eigenvalue weighted by molar-refractivity contribution is 6.42. The lowest BCUT2D eigenvalue weighted by Gasteiger charge is -2.31. The van der Waals surface area contributed by atoms with Crippen molar-refractivity contribution in [2.45, 2.75) is 0 Å². The highest BCUT2D eigenvalue weighted by Crippen LogP contribution is 2.25. The highest BCUT2D eigenvalue weighted by Gasteiger charge is 2.16. The fourth-order valence-electron chi connectivity index (χ4n) is 2.07. The van der Waals surface area contributed by atoms with Crippen molar-refractivity contribution < 1.29 is 9.59 Å². The van der Waals surface area contributed by atoms with Gasteiger partial charge in [-0.3, -0.25) is 9.59 Å². The zero-order chi connectivity index (χ0) is 16.8. The summed E-state index contributed by atoms with van der Waals surface area (Å²) in [6.07, 6.45) is 2.30. The van der Waals surface area contributed by atoms with Gasteiger partial charge in [-0.05, 0) is 18.2 Å². The second-order valence-corrected chi connectivity index (χ2v) is 5.73.